The second-order valence-electron chi connectivity index (χ2n) is 7.81. The van der Waals surface area contributed by atoms with Crippen molar-refractivity contribution in [2.24, 2.45) is 12.0 Å². The Balaban J connectivity index is 1.50. The molecule has 1 aliphatic heterocycles. The van der Waals surface area contributed by atoms with Crippen LogP contribution in [-0.4, -0.2) is 74.1 Å². The highest BCUT2D eigenvalue weighted by Crippen LogP contribution is 2.23. The summed E-state index contributed by atoms with van der Waals surface area (Å²) in [7, 11) is -0.334. The zero-order valence-electron chi connectivity index (χ0n) is 19.6. The van der Waals surface area contributed by atoms with Crippen LogP contribution in [-0.2, 0) is 21.8 Å². The molecular weight excluding hydrogens is 492 g/mol. The minimum atomic E-state index is -3.76. The number of amides is 2. The number of fused-ring (bicyclic) bond motifs is 1. The van der Waals surface area contributed by atoms with E-state index >= 15 is 0 Å². The molecule has 1 aliphatic rings. The van der Waals surface area contributed by atoms with Crippen molar-refractivity contribution in [3.8, 4) is 5.75 Å². The van der Waals surface area contributed by atoms with Crippen molar-refractivity contribution in [3.05, 3.63) is 52.8 Å². The maximum atomic E-state index is 13.0. The summed E-state index contributed by atoms with van der Waals surface area (Å²) in [5.41, 5.74) is 1.21. The Hall–Kier alpha value is -3.22. The van der Waals surface area contributed by atoms with Gasteiger partial charge in [0.1, 0.15) is 5.75 Å². The maximum absolute atomic E-state index is 13.0. The molecule has 1 saturated heterocycles. The van der Waals surface area contributed by atoms with E-state index in [2.05, 4.69) is 4.99 Å². The van der Waals surface area contributed by atoms with Crippen LogP contribution in [0.2, 0.25) is 0 Å². The number of sulfonamides is 1. The van der Waals surface area contributed by atoms with Crippen LogP contribution in [0, 0.1) is 0 Å². The number of piperazine rings is 1. The van der Waals surface area contributed by atoms with Crippen LogP contribution in [0.4, 0.5) is 4.79 Å². The van der Waals surface area contributed by atoms with E-state index in [4.69, 9.17) is 9.47 Å². The van der Waals surface area contributed by atoms with Crippen molar-refractivity contribution >= 4 is 43.6 Å². The summed E-state index contributed by atoms with van der Waals surface area (Å²) in [6.07, 6.45) is -0.442. The fraction of sp³-hybridized carbons (Fsp3) is 0.348. The number of rotatable bonds is 5. The molecule has 0 radical (unpaired) electrons. The van der Waals surface area contributed by atoms with E-state index in [0.29, 0.717) is 4.80 Å². The smallest absolute Gasteiger partial charge is 0.409 e. The number of hydrogen-bond donors (Lipinski definition) is 0. The predicted molar refractivity (Wildman–Crippen MR) is 131 cm³/mol. The largest absolute Gasteiger partial charge is 0.497 e. The minimum Gasteiger partial charge on any atom is -0.497 e. The number of methoxy groups -OCH3 is 1. The fourth-order valence-corrected chi connectivity index (χ4v) is 6.21. The van der Waals surface area contributed by atoms with Gasteiger partial charge in [0.15, 0.2) is 4.80 Å². The van der Waals surface area contributed by atoms with E-state index in [9.17, 15) is 18.0 Å². The molecule has 1 fully saturated rings. The van der Waals surface area contributed by atoms with Gasteiger partial charge in [0, 0.05) is 38.8 Å². The number of hydrogen-bond acceptors (Lipinski definition) is 7. The molecule has 35 heavy (non-hydrogen) atoms. The van der Waals surface area contributed by atoms with Gasteiger partial charge >= 0.3 is 6.09 Å². The highest BCUT2D eigenvalue weighted by atomic mass is 32.2. The molecule has 2 aromatic carbocycles. The Morgan fingerprint density at radius 3 is 2.37 bits per heavy atom. The third-order valence-corrected chi connectivity index (χ3v) is 8.72. The molecule has 0 bridgehead atoms. The van der Waals surface area contributed by atoms with Crippen LogP contribution in [0.15, 0.2) is 52.4 Å². The van der Waals surface area contributed by atoms with Gasteiger partial charge in [-0.2, -0.15) is 9.30 Å². The van der Waals surface area contributed by atoms with Crippen LogP contribution >= 0.6 is 11.3 Å². The predicted octanol–water partition coefficient (Wildman–Crippen LogP) is 2.45. The Kier molecular flexibility index (Phi) is 7.24. The molecule has 2 heterocycles. The summed E-state index contributed by atoms with van der Waals surface area (Å²) in [6.45, 7) is 2.84. The van der Waals surface area contributed by atoms with Gasteiger partial charge < -0.3 is 18.9 Å². The number of benzene rings is 2. The van der Waals surface area contributed by atoms with Crippen molar-refractivity contribution in [1.29, 1.82) is 0 Å². The van der Waals surface area contributed by atoms with Gasteiger partial charge in [-0.05, 0) is 49.4 Å². The molecule has 0 unspecified atom stereocenters. The van der Waals surface area contributed by atoms with E-state index in [-0.39, 0.29) is 43.2 Å². The number of aryl methyl sites for hydroxylation is 1. The molecule has 3 aromatic rings. The van der Waals surface area contributed by atoms with Gasteiger partial charge in [-0.25, -0.2) is 13.2 Å². The normalized spacial score (nSPS) is 15.4. The molecule has 1 aromatic heterocycles. The molecule has 0 N–H and O–H groups in total. The van der Waals surface area contributed by atoms with Crippen LogP contribution in [0.25, 0.3) is 10.2 Å². The minimum absolute atomic E-state index is 0.0816. The zero-order valence-corrected chi connectivity index (χ0v) is 21.3. The van der Waals surface area contributed by atoms with Crippen molar-refractivity contribution in [3.63, 3.8) is 0 Å². The van der Waals surface area contributed by atoms with Crippen LogP contribution in [0.3, 0.4) is 0 Å². The molecular formula is C23H26N4O6S2. The SMILES string of the molecule is CCOC(=O)N1CCN(S(=O)(=O)c2ccc(C(=O)N=c3sc4cc(OC)ccc4n3C)cc2)CC1. The summed E-state index contributed by atoms with van der Waals surface area (Å²) in [6, 6.07) is 11.4. The number of nitrogens with zero attached hydrogens (tertiary/aromatic N) is 4. The summed E-state index contributed by atoms with van der Waals surface area (Å²) in [5.74, 6) is 0.252. The molecule has 186 valence electrons. The van der Waals surface area contributed by atoms with Gasteiger partial charge in [0.25, 0.3) is 5.91 Å². The molecule has 0 spiro atoms. The van der Waals surface area contributed by atoms with Gasteiger partial charge in [-0.3, -0.25) is 4.79 Å². The summed E-state index contributed by atoms with van der Waals surface area (Å²) < 4.78 is 40.4. The topological polar surface area (TPSA) is 111 Å². The summed E-state index contributed by atoms with van der Waals surface area (Å²) >= 11 is 1.36. The van der Waals surface area contributed by atoms with Gasteiger partial charge in [-0.15, -0.1) is 0 Å². The van der Waals surface area contributed by atoms with Crippen LogP contribution in [0.1, 0.15) is 17.3 Å². The number of aromatic nitrogens is 1. The quantitative estimate of drug-likeness (QED) is 0.513. The van der Waals surface area contributed by atoms with Crippen molar-refractivity contribution in [2.45, 2.75) is 11.8 Å². The van der Waals surface area contributed by atoms with E-state index < -0.39 is 22.0 Å². The lowest BCUT2D eigenvalue weighted by atomic mass is 10.2. The molecule has 0 aliphatic carbocycles. The fourth-order valence-electron chi connectivity index (χ4n) is 3.74. The second kappa shape index (κ2) is 10.2. The number of carbonyl (C=O) groups excluding carboxylic acids is 2. The molecule has 2 amide bonds. The lowest BCUT2D eigenvalue weighted by Gasteiger charge is -2.33. The average Bonchev–Trinajstić information content (AvgIpc) is 3.18. The lowest BCUT2D eigenvalue weighted by molar-refractivity contribution is 0.0933. The zero-order chi connectivity index (χ0) is 25.2. The maximum Gasteiger partial charge on any atom is 0.409 e. The van der Waals surface area contributed by atoms with E-state index in [1.165, 1.54) is 44.8 Å². The lowest BCUT2D eigenvalue weighted by Crippen LogP contribution is -2.50. The number of ether oxygens (including phenoxy) is 2. The Morgan fingerprint density at radius 1 is 1.06 bits per heavy atom. The summed E-state index contributed by atoms with van der Waals surface area (Å²) in [4.78, 5) is 30.9. The Bertz CT molecular complexity index is 1420. The molecule has 4 rings (SSSR count). The van der Waals surface area contributed by atoms with E-state index in [0.717, 1.165) is 16.0 Å². The van der Waals surface area contributed by atoms with Gasteiger partial charge in [-0.1, -0.05) is 11.3 Å². The Morgan fingerprint density at radius 2 is 1.74 bits per heavy atom. The first-order valence-electron chi connectivity index (χ1n) is 11.0. The van der Waals surface area contributed by atoms with E-state index in [1.807, 2.05) is 29.8 Å². The van der Waals surface area contributed by atoms with Crippen LogP contribution in [0.5, 0.6) is 5.75 Å². The molecule has 12 heteroatoms. The molecule has 0 atom stereocenters. The second-order valence-corrected chi connectivity index (χ2v) is 10.8. The number of carbonyl (C=O) groups is 2. The average molecular weight is 519 g/mol. The molecule has 10 nitrogen and oxygen atoms in total. The third-order valence-electron chi connectivity index (χ3n) is 5.72. The summed E-state index contributed by atoms with van der Waals surface area (Å²) in [5, 5.41) is 0. The van der Waals surface area contributed by atoms with E-state index in [1.54, 1.807) is 14.0 Å². The monoisotopic (exact) mass is 518 g/mol. The molecule has 0 saturated carbocycles. The highest BCUT2D eigenvalue weighted by Gasteiger charge is 2.30. The van der Waals surface area contributed by atoms with Crippen molar-refractivity contribution in [2.75, 3.05) is 39.9 Å². The third kappa shape index (κ3) is 5.09. The number of thiazole rings is 1. The first-order chi connectivity index (χ1) is 16.7. The first-order valence-corrected chi connectivity index (χ1v) is 13.2. The van der Waals surface area contributed by atoms with Crippen molar-refractivity contribution in [1.82, 2.24) is 13.8 Å². The Labute approximate surface area is 207 Å². The first kappa shape index (κ1) is 24.9. The standard InChI is InChI=1S/C23H26N4O6S2/c1-4-33-23(29)26-11-13-27(14-12-26)35(30,31)18-8-5-16(6-9-18)21(28)24-22-25(2)19-10-7-17(32-3)15-20(19)34-22/h5-10,15H,4,11-14H2,1-3H3. The van der Waals surface area contributed by atoms with Gasteiger partial charge in [0.05, 0.1) is 28.8 Å². The van der Waals surface area contributed by atoms with Crippen LogP contribution < -0.4 is 9.54 Å². The highest BCUT2D eigenvalue weighted by molar-refractivity contribution is 7.89. The van der Waals surface area contributed by atoms with Crippen molar-refractivity contribution < 1.29 is 27.5 Å². The van der Waals surface area contributed by atoms with Gasteiger partial charge in [0.2, 0.25) is 10.0 Å².